The van der Waals surface area contributed by atoms with Crippen LogP contribution >= 0.6 is 15.9 Å². The normalized spacial score (nSPS) is 14.4. The predicted molar refractivity (Wildman–Crippen MR) is 81.6 cm³/mol. The molecule has 0 aliphatic heterocycles. The molecule has 2 amide bonds. The van der Waals surface area contributed by atoms with Crippen molar-refractivity contribution in [1.82, 2.24) is 4.90 Å². The minimum atomic E-state index is -1.11. The van der Waals surface area contributed by atoms with Gasteiger partial charge in [-0.1, -0.05) is 15.9 Å². The summed E-state index contributed by atoms with van der Waals surface area (Å²) in [6.07, 6.45) is 2.90. The van der Waals surface area contributed by atoms with Gasteiger partial charge in [-0.2, -0.15) is 0 Å². The third-order valence-electron chi connectivity index (χ3n) is 3.57. The number of benzene rings is 1. The molecule has 1 fully saturated rings. The molecule has 21 heavy (non-hydrogen) atoms. The molecular formula is C14H17BrN2O4. The Balaban J connectivity index is 2.15. The van der Waals surface area contributed by atoms with Crippen LogP contribution in [0.5, 0.6) is 0 Å². The van der Waals surface area contributed by atoms with Gasteiger partial charge >= 0.3 is 12.0 Å². The maximum Gasteiger partial charge on any atom is 0.337 e. The Labute approximate surface area is 130 Å². The SMILES string of the molecule is O=C(O)c1cc(Br)ccc1NC(=O)N(CCO)C1CCC1. The van der Waals surface area contributed by atoms with Gasteiger partial charge in [0.1, 0.15) is 0 Å². The minimum Gasteiger partial charge on any atom is -0.478 e. The number of aliphatic hydroxyl groups is 1. The number of hydrogen-bond acceptors (Lipinski definition) is 3. The standard InChI is InChI=1S/C14H17BrN2O4/c15-9-4-5-12(11(8-9)13(19)20)16-14(21)17(6-7-18)10-2-1-3-10/h4-5,8,10,18H,1-3,6-7H2,(H,16,21)(H,19,20). The van der Waals surface area contributed by atoms with Crippen LogP contribution in [0.15, 0.2) is 22.7 Å². The number of halogens is 1. The monoisotopic (exact) mass is 356 g/mol. The van der Waals surface area contributed by atoms with Gasteiger partial charge in [-0.25, -0.2) is 9.59 Å². The second-order valence-electron chi connectivity index (χ2n) is 4.93. The third-order valence-corrected chi connectivity index (χ3v) is 4.06. The number of urea groups is 1. The molecular weight excluding hydrogens is 340 g/mol. The average molecular weight is 357 g/mol. The minimum absolute atomic E-state index is 0.0234. The molecule has 7 heteroatoms. The smallest absolute Gasteiger partial charge is 0.337 e. The van der Waals surface area contributed by atoms with Crippen molar-refractivity contribution in [3.63, 3.8) is 0 Å². The van der Waals surface area contributed by atoms with E-state index < -0.39 is 5.97 Å². The zero-order valence-electron chi connectivity index (χ0n) is 11.4. The summed E-state index contributed by atoms with van der Waals surface area (Å²) in [4.78, 5) is 25.1. The highest BCUT2D eigenvalue weighted by molar-refractivity contribution is 9.10. The van der Waals surface area contributed by atoms with Crippen molar-refractivity contribution in [3.8, 4) is 0 Å². The number of rotatable bonds is 5. The number of anilines is 1. The van der Waals surface area contributed by atoms with Crippen molar-refractivity contribution in [2.45, 2.75) is 25.3 Å². The van der Waals surface area contributed by atoms with E-state index in [0.717, 1.165) is 19.3 Å². The molecule has 114 valence electrons. The van der Waals surface area contributed by atoms with Gasteiger partial charge in [-0.3, -0.25) is 0 Å². The first-order chi connectivity index (χ1) is 10.0. The maximum absolute atomic E-state index is 12.3. The van der Waals surface area contributed by atoms with Gasteiger partial charge < -0.3 is 20.4 Å². The lowest BCUT2D eigenvalue weighted by molar-refractivity contribution is 0.0698. The van der Waals surface area contributed by atoms with Crippen molar-refractivity contribution < 1.29 is 19.8 Å². The highest BCUT2D eigenvalue weighted by Gasteiger charge is 2.28. The van der Waals surface area contributed by atoms with Crippen LogP contribution in [0.2, 0.25) is 0 Å². The van der Waals surface area contributed by atoms with Crippen LogP contribution in [-0.4, -0.2) is 46.3 Å². The summed E-state index contributed by atoms with van der Waals surface area (Å²) in [6.45, 7) is 0.130. The Hall–Kier alpha value is -1.60. The highest BCUT2D eigenvalue weighted by atomic mass is 79.9. The van der Waals surface area contributed by atoms with Gasteiger partial charge in [0.25, 0.3) is 0 Å². The number of carboxylic acid groups (broad SMARTS) is 1. The van der Waals surface area contributed by atoms with E-state index in [2.05, 4.69) is 21.2 Å². The number of aromatic carboxylic acids is 1. The number of nitrogens with zero attached hydrogens (tertiary/aromatic N) is 1. The molecule has 0 aromatic heterocycles. The quantitative estimate of drug-likeness (QED) is 0.755. The van der Waals surface area contributed by atoms with E-state index in [9.17, 15) is 14.7 Å². The van der Waals surface area contributed by atoms with Crippen molar-refractivity contribution in [1.29, 1.82) is 0 Å². The maximum atomic E-state index is 12.3. The number of carboxylic acids is 1. The lowest BCUT2D eigenvalue weighted by atomic mass is 9.91. The molecule has 0 spiro atoms. The summed E-state index contributed by atoms with van der Waals surface area (Å²) in [6, 6.07) is 4.41. The number of nitrogens with one attached hydrogen (secondary N) is 1. The molecule has 1 aromatic rings. The molecule has 0 atom stereocenters. The van der Waals surface area contributed by atoms with E-state index in [-0.39, 0.29) is 36.5 Å². The fraction of sp³-hybridized carbons (Fsp3) is 0.429. The lowest BCUT2D eigenvalue weighted by Gasteiger charge is -2.37. The van der Waals surface area contributed by atoms with E-state index >= 15 is 0 Å². The first-order valence-corrected chi connectivity index (χ1v) is 7.53. The Bertz CT molecular complexity index is 546. The van der Waals surface area contributed by atoms with Crippen molar-refractivity contribution >= 4 is 33.6 Å². The zero-order chi connectivity index (χ0) is 15.4. The Kier molecular flexibility index (Phi) is 5.19. The molecule has 6 nitrogen and oxygen atoms in total. The van der Waals surface area contributed by atoms with Gasteiger partial charge in [-0.15, -0.1) is 0 Å². The molecule has 1 aliphatic rings. The number of carbonyl (C=O) groups is 2. The summed E-state index contributed by atoms with van der Waals surface area (Å²) in [5.74, 6) is -1.11. The molecule has 0 bridgehead atoms. The van der Waals surface area contributed by atoms with Crippen LogP contribution in [0.3, 0.4) is 0 Å². The van der Waals surface area contributed by atoms with Gasteiger partial charge in [0.2, 0.25) is 0 Å². The van der Waals surface area contributed by atoms with Crippen molar-refractivity contribution in [3.05, 3.63) is 28.2 Å². The summed E-state index contributed by atoms with van der Waals surface area (Å²) in [5, 5.41) is 20.9. The van der Waals surface area contributed by atoms with E-state index in [1.165, 1.54) is 6.07 Å². The topological polar surface area (TPSA) is 89.9 Å². The Morgan fingerprint density at radius 3 is 2.62 bits per heavy atom. The zero-order valence-corrected chi connectivity index (χ0v) is 13.0. The third kappa shape index (κ3) is 3.74. The van der Waals surface area contributed by atoms with E-state index in [1.807, 2.05) is 0 Å². The number of aliphatic hydroxyl groups excluding tert-OH is 1. The van der Waals surface area contributed by atoms with Crippen molar-refractivity contribution in [2.24, 2.45) is 0 Å². The predicted octanol–water partition coefficient (Wildman–Crippen LogP) is 2.53. The summed E-state index contributed by atoms with van der Waals surface area (Å²) in [5.41, 5.74) is 0.272. The molecule has 1 saturated carbocycles. The summed E-state index contributed by atoms with van der Waals surface area (Å²) >= 11 is 3.21. The van der Waals surface area contributed by atoms with Gasteiger partial charge in [0.15, 0.2) is 0 Å². The molecule has 0 radical (unpaired) electrons. The number of carbonyl (C=O) groups excluding carboxylic acids is 1. The van der Waals surface area contributed by atoms with Gasteiger partial charge in [0.05, 0.1) is 17.9 Å². The first-order valence-electron chi connectivity index (χ1n) is 6.74. The Morgan fingerprint density at radius 1 is 1.38 bits per heavy atom. The molecule has 1 aliphatic carbocycles. The summed E-state index contributed by atoms with van der Waals surface area (Å²) in [7, 11) is 0. The van der Waals surface area contributed by atoms with Gasteiger partial charge in [0, 0.05) is 17.1 Å². The van der Waals surface area contributed by atoms with Crippen LogP contribution in [0.1, 0.15) is 29.6 Å². The largest absolute Gasteiger partial charge is 0.478 e. The average Bonchev–Trinajstić information content (AvgIpc) is 2.38. The van der Waals surface area contributed by atoms with Gasteiger partial charge in [-0.05, 0) is 37.5 Å². The summed E-state index contributed by atoms with van der Waals surface area (Å²) < 4.78 is 0.629. The number of amides is 2. The van der Waals surface area contributed by atoms with E-state index in [0.29, 0.717) is 4.47 Å². The van der Waals surface area contributed by atoms with E-state index in [4.69, 9.17) is 5.11 Å². The van der Waals surface area contributed by atoms with Crippen LogP contribution in [-0.2, 0) is 0 Å². The molecule has 1 aromatic carbocycles. The fourth-order valence-corrected chi connectivity index (χ4v) is 2.61. The fourth-order valence-electron chi connectivity index (χ4n) is 2.25. The molecule has 0 saturated heterocycles. The second-order valence-corrected chi connectivity index (χ2v) is 5.84. The van der Waals surface area contributed by atoms with Crippen molar-refractivity contribution in [2.75, 3.05) is 18.5 Å². The highest BCUT2D eigenvalue weighted by Crippen LogP contribution is 2.26. The number of hydrogen-bond donors (Lipinski definition) is 3. The molecule has 2 rings (SSSR count). The van der Waals surface area contributed by atoms with E-state index in [1.54, 1.807) is 17.0 Å². The Morgan fingerprint density at radius 2 is 2.10 bits per heavy atom. The molecule has 0 unspecified atom stereocenters. The lowest BCUT2D eigenvalue weighted by Crippen LogP contribution is -2.47. The van der Waals surface area contributed by atoms with Crippen LogP contribution < -0.4 is 5.32 Å². The van der Waals surface area contributed by atoms with Crippen LogP contribution in [0.4, 0.5) is 10.5 Å². The van der Waals surface area contributed by atoms with Crippen LogP contribution in [0, 0.1) is 0 Å². The molecule has 0 heterocycles. The van der Waals surface area contributed by atoms with Crippen LogP contribution in [0.25, 0.3) is 0 Å². The first kappa shape index (κ1) is 15.8. The second kappa shape index (κ2) is 6.91. The molecule has 3 N–H and O–H groups in total.